The van der Waals surface area contributed by atoms with E-state index in [1.807, 2.05) is 4.90 Å². The van der Waals surface area contributed by atoms with E-state index in [0.29, 0.717) is 30.9 Å². The van der Waals surface area contributed by atoms with E-state index in [0.717, 1.165) is 44.1 Å². The van der Waals surface area contributed by atoms with Crippen molar-refractivity contribution in [3.05, 3.63) is 52.1 Å². The minimum Gasteiger partial charge on any atom is -0.349 e. The first-order valence-electron chi connectivity index (χ1n) is 11.5. The van der Waals surface area contributed by atoms with Crippen LogP contribution in [0.1, 0.15) is 66.6 Å². The Morgan fingerprint density at radius 3 is 2.41 bits per heavy atom. The van der Waals surface area contributed by atoms with Gasteiger partial charge in [-0.05, 0) is 50.3 Å². The molecule has 8 heteroatoms. The van der Waals surface area contributed by atoms with Crippen molar-refractivity contribution in [2.45, 2.75) is 64.5 Å². The summed E-state index contributed by atoms with van der Waals surface area (Å²) in [5.41, 5.74) is 1.77. The molecule has 1 saturated heterocycles. The second-order valence-electron chi connectivity index (χ2n) is 8.94. The van der Waals surface area contributed by atoms with Gasteiger partial charge in [-0.2, -0.15) is 5.10 Å². The van der Waals surface area contributed by atoms with Crippen molar-refractivity contribution in [3.8, 4) is 0 Å². The van der Waals surface area contributed by atoms with Crippen molar-refractivity contribution in [1.29, 1.82) is 0 Å². The van der Waals surface area contributed by atoms with Crippen LogP contribution in [0.5, 0.6) is 0 Å². The van der Waals surface area contributed by atoms with E-state index in [2.05, 4.69) is 10.4 Å². The molecule has 1 aromatic carbocycles. The predicted molar refractivity (Wildman–Crippen MR) is 121 cm³/mol. The molecule has 1 N–H and O–H groups in total. The molecular weight excluding hydrogens is 431 g/mol. The minimum absolute atomic E-state index is 0.00817. The zero-order valence-electron chi connectivity index (χ0n) is 18.4. The lowest BCUT2D eigenvalue weighted by Gasteiger charge is -2.35. The van der Waals surface area contributed by atoms with Crippen LogP contribution in [0.15, 0.2) is 24.3 Å². The van der Waals surface area contributed by atoms with Gasteiger partial charge in [0, 0.05) is 25.0 Å². The number of hydrogen-bond donors (Lipinski definition) is 1. The topological polar surface area (TPSA) is 67.2 Å². The number of carbonyl (C=O) groups is 2. The molecule has 1 aliphatic carbocycles. The van der Waals surface area contributed by atoms with Crippen LogP contribution in [-0.2, 0) is 11.3 Å². The van der Waals surface area contributed by atoms with Gasteiger partial charge in [-0.3, -0.25) is 9.59 Å². The summed E-state index contributed by atoms with van der Waals surface area (Å²) < 4.78 is 14.7. The smallest absolute Gasteiger partial charge is 0.256 e. The number of piperidine rings is 1. The molecule has 6 nitrogen and oxygen atoms in total. The zero-order valence-corrected chi connectivity index (χ0v) is 19.2. The molecule has 0 radical (unpaired) electrons. The molecule has 1 aliphatic heterocycles. The van der Waals surface area contributed by atoms with E-state index in [4.69, 9.17) is 11.6 Å². The van der Waals surface area contributed by atoms with Crippen LogP contribution < -0.4 is 5.32 Å². The lowest BCUT2D eigenvalue weighted by atomic mass is 9.87. The normalized spacial score (nSPS) is 18.0. The molecule has 0 spiro atoms. The van der Waals surface area contributed by atoms with E-state index in [9.17, 15) is 14.0 Å². The Morgan fingerprint density at radius 1 is 1.09 bits per heavy atom. The average Bonchev–Trinajstić information content (AvgIpc) is 3.08. The van der Waals surface area contributed by atoms with Gasteiger partial charge in [0.25, 0.3) is 5.91 Å². The van der Waals surface area contributed by atoms with Crippen LogP contribution in [0.3, 0.4) is 0 Å². The van der Waals surface area contributed by atoms with Crippen molar-refractivity contribution in [2.75, 3.05) is 13.1 Å². The average molecular weight is 461 g/mol. The van der Waals surface area contributed by atoms with Crippen molar-refractivity contribution in [3.63, 3.8) is 0 Å². The summed E-state index contributed by atoms with van der Waals surface area (Å²) in [7, 11) is 0. The van der Waals surface area contributed by atoms with Crippen LogP contribution in [0.2, 0.25) is 5.15 Å². The third-order valence-corrected chi connectivity index (χ3v) is 7.02. The maximum absolute atomic E-state index is 13.1. The Kier molecular flexibility index (Phi) is 7.13. The minimum atomic E-state index is -0.303. The molecule has 2 amide bonds. The van der Waals surface area contributed by atoms with Gasteiger partial charge >= 0.3 is 0 Å². The maximum atomic E-state index is 13.1. The number of carbonyl (C=O) groups excluding carboxylic acids is 2. The first-order chi connectivity index (χ1) is 15.4. The monoisotopic (exact) mass is 460 g/mol. The molecule has 32 heavy (non-hydrogen) atoms. The number of aromatic nitrogens is 2. The van der Waals surface area contributed by atoms with Crippen molar-refractivity contribution < 1.29 is 14.0 Å². The molecule has 4 rings (SSSR count). The van der Waals surface area contributed by atoms with Crippen molar-refractivity contribution in [1.82, 2.24) is 20.0 Å². The number of hydrogen-bond acceptors (Lipinski definition) is 3. The third kappa shape index (κ3) is 5.14. The maximum Gasteiger partial charge on any atom is 0.256 e. The Balaban J connectivity index is 1.34. The summed E-state index contributed by atoms with van der Waals surface area (Å²) >= 11 is 6.49. The Bertz CT molecular complexity index is 961. The molecule has 0 unspecified atom stereocenters. The highest BCUT2D eigenvalue weighted by molar-refractivity contribution is 6.33. The van der Waals surface area contributed by atoms with Gasteiger partial charge in [0.1, 0.15) is 11.0 Å². The lowest BCUT2D eigenvalue weighted by Crippen LogP contribution is -2.48. The van der Waals surface area contributed by atoms with Crippen LogP contribution in [0.4, 0.5) is 4.39 Å². The lowest BCUT2D eigenvalue weighted by molar-refractivity contribution is -0.137. The first kappa shape index (κ1) is 22.8. The fourth-order valence-electron chi connectivity index (χ4n) is 4.79. The fourth-order valence-corrected chi connectivity index (χ4v) is 5.11. The summed E-state index contributed by atoms with van der Waals surface area (Å²) in [4.78, 5) is 27.7. The highest BCUT2D eigenvalue weighted by atomic mass is 35.5. The molecule has 2 fully saturated rings. The van der Waals surface area contributed by atoms with E-state index < -0.39 is 0 Å². The van der Waals surface area contributed by atoms with Crippen molar-refractivity contribution in [2.24, 2.45) is 5.92 Å². The highest BCUT2D eigenvalue weighted by Crippen LogP contribution is 2.27. The van der Waals surface area contributed by atoms with E-state index in [-0.39, 0.29) is 34.7 Å². The van der Waals surface area contributed by atoms with E-state index in [1.165, 1.54) is 18.6 Å². The zero-order chi connectivity index (χ0) is 22.7. The summed E-state index contributed by atoms with van der Waals surface area (Å²) in [6.45, 7) is 3.47. The van der Waals surface area contributed by atoms with Gasteiger partial charge in [-0.25, -0.2) is 9.07 Å². The van der Waals surface area contributed by atoms with Gasteiger partial charge in [0.15, 0.2) is 0 Å². The molecule has 0 atom stereocenters. The molecule has 2 heterocycles. The number of amides is 2. The van der Waals surface area contributed by atoms with Crippen LogP contribution >= 0.6 is 11.6 Å². The van der Waals surface area contributed by atoms with Gasteiger partial charge in [0.05, 0.1) is 17.8 Å². The summed E-state index contributed by atoms with van der Waals surface area (Å²) in [6.07, 6.45) is 7.04. The van der Waals surface area contributed by atoms with Crippen molar-refractivity contribution >= 4 is 23.4 Å². The fraction of sp³-hybridized carbons (Fsp3) is 0.542. The molecule has 172 valence electrons. The number of likely N-dealkylation sites (tertiary alicyclic amines) is 1. The van der Waals surface area contributed by atoms with E-state index in [1.54, 1.807) is 23.7 Å². The Hall–Kier alpha value is -2.41. The summed E-state index contributed by atoms with van der Waals surface area (Å²) in [5.74, 6) is -0.0725. The number of nitrogens with one attached hydrogen (secondary N) is 1. The van der Waals surface area contributed by atoms with Crippen LogP contribution in [0, 0.1) is 18.7 Å². The SMILES string of the molecule is Cc1nn(Cc2ccc(F)cc2)c(Cl)c1C(=O)NC1CCN(C(=O)C2CCCCC2)CC1. The molecular formula is C24H30ClFN4O2. The van der Waals surface area contributed by atoms with Gasteiger partial charge in [-0.1, -0.05) is 43.0 Å². The number of aryl methyl sites for hydroxylation is 1. The van der Waals surface area contributed by atoms with Gasteiger partial charge in [-0.15, -0.1) is 0 Å². The number of benzene rings is 1. The van der Waals surface area contributed by atoms with Gasteiger partial charge < -0.3 is 10.2 Å². The molecule has 1 saturated carbocycles. The van der Waals surface area contributed by atoms with E-state index >= 15 is 0 Å². The first-order valence-corrected chi connectivity index (χ1v) is 11.9. The second-order valence-corrected chi connectivity index (χ2v) is 9.30. The second kappa shape index (κ2) is 10.0. The third-order valence-electron chi connectivity index (χ3n) is 6.63. The van der Waals surface area contributed by atoms with Crippen LogP contribution in [0.25, 0.3) is 0 Å². The highest BCUT2D eigenvalue weighted by Gasteiger charge is 2.30. The molecule has 0 bridgehead atoms. The van der Waals surface area contributed by atoms with Crippen LogP contribution in [-0.4, -0.2) is 45.6 Å². The number of rotatable bonds is 5. The molecule has 2 aromatic rings. The summed E-state index contributed by atoms with van der Waals surface area (Å²) in [5, 5.41) is 7.75. The number of nitrogens with zero attached hydrogens (tertiary/aromatic N) is 3. The predicted octanol–water partition coefficient (Wildman–Crippen LogP) is 4.33. The molecule has 1 aromatic heterocycles. The Morgan fingerprint density at radius 2 is 1.75 bits per heavy atom. The number of halogens is 2. The quantitative estimate of drug-likeness (QED) is 0.722. The Labute approximate surface area is 193 Å². The summed E-state index contributed by atoms with van der Waals surface area (Å²) in [6, 6.07) is 6.13. The molecule has 2 aliphatic rings. The standard InChI is InChI=1S/C24H30ClFN4O2/c1-16-21(22(25)30(28-16)15-17-7-9-19(26)10-8-17)23(31)27-20-11-13-29(14-12-20)24(32)18-5-3-2-4-6-18/h7-10,18,20H,2-6,11-15H2,1H3,(H,27,31). The van der Waals surface area contributed by atoms with Gasteiger partial charge in [0.2, 0.25) is 5.91 Å². The largest absolute Gasteiger partial charge is 0.349 e.